The lowest BCUT2D eigenvalue weighted by Crippen LogP contribution is -2.27. The molecule has 0 spiro atoms. The van der Waals surface area contributed by atoms with Crippen LogP contribution in [-0.2, 0) is 0 Å². The Morgan fingerprint density at radius 1 is 1.10 bits per heavy atom. The first-order chi connectivity index (χ1) is 9.85. The quantitative estimate of drug-likeness (QED) is 0.439. The molecule has 100 valence electrons. The fraction of sp³-hybridized carbons (Fsp3) is 0.0667. The zero-order valence-electron chi connectivity index (χ0n) is 10.5. The second-order valence-electron chi connectivity index (χ2n) is 4.58. The summed E-state index contributed by atoms with van der Waals surface area (Å²) in [6.45, 7) is 0. The van der Waals surface area contributed by atoms with Crippen molar-refractivity contribution in [2.75, 3.05) is 0 Å². The summed E-state index contributed by atoms with van der Waals surface area (Å²) in [5.74, 6) is 6.60. The smallest absolute Gasteiger partial charge is 0.134 e. The average molecular weight is 300 g/mol. The second-order valence-corrected chi connectivity index (χ2v) is 6.65. The molecule has 0 fully saturated rings. The zero-order valence-corrected chi connectivity index (χ0v) is 12.1. The highest BCUT2D eigenvalue weighted by atomic mass is 32.1. The SMILES string of the molecule is NNC(c1cc2ccccc2o1)c1cc2sccc2s1. The Labute approximate surface area is 123 Å². The number of para-hydroxylation sites is 1. The number of furan rings is 1. The molecule has 0 radical (unpaired) electrons. The molecule has 3 nitrogen and oxygen atoms in total. The highest BCUT2D eigenvalue weighted by Gasteiger charge is 2.19. The van der Waals surface area contributed by atoms with E-state index in [0.717, 1.165) is 16.7 Å². The molecule has 3 heterocycles. The Balaban J connectivity index is 1.82. The van der Waals surface area contributed by atoms with Crippen LogP contribution in [0.15, 0.2) is 52.3 Å². The summed E-state index contributed by atoms with van der Waals surface area (Å²) in [5, 5.41) is 3.21. The molecule has 1 atom stereocenters. The van der Waals surface area contributed by atoms with Gasteiger partial charge in [0, 0.05) is 19.7 Å². The van der Waals surface area contributed by atoms with E-state index >= 15 is 0 Å². The molecule has 0 amide bonds. The van der Waals surface area contributed by atoms with Gasteiger partial charge < -0.3 is 4.42 Å². The summed E-state index contributed by atoms with van der Waals surface area (Å²) in [6, 6.07) is 14.3. The molecule has 5 heteroatoms. The van der Waals surface area contributed by atoms with Crippen molar-refractivity contribution in [1.29, 1.82) is 0 Å². The highest BCUT2D eigenvalue weighted by Crippen LogP contribution is 2.36. The van der Waals surface area contributed by atoms with Crippen molar-refractivity contribution in [2.24, 2.45) is 5.84 Å². The van der Waals surface area contributed by atoms with Crippen molar-refractivity contribution >= 4 is 43.0 Å². The summed E-state index contributed by atoms with van der Waals surface area (Å²) in [4.78, 5) is 1.17. The Morgan fingerprint density at radius 3 is 2.80 bits per heavy atom. The normalized spacial score (nSPS) is 13.2. The van der Waals surface area contributed by atoms with E-state index in [1.807, 2.05) is 30.3 Å². The third-order valence-corrected chi connectivity index (χ3v) is 5.50. The molecule has 0 aliphatic heterocycles. The van der Waals surface area contributed by atoms with E-state index in [-0.39, 0.29) is 6.04 Å². The van der Waals surface area contributed by atoms with E-state index in [9.17, 15) is 0 Å². The molecular formula is C15H12N2OS2. The summed E-state index contributed by atoms with van der Waals surface area (Å²) < 4.78 is 8.50. The van der Waals surface area contributed by atoms with Crippen molar-refractivity contribution < 1.29 is 4.42 Å². The third-order valence-electron chi connectivity index (χ3n) is 3.34. The lowest BCUT2D eigenvalue weighted by atomic mass is 10.2. The number of hydrazine groups is 1. The summed E-state index contributed by atoms with van der Waals surface area (Å²) in [5.41, 5.74) is 3.76. The zero-order chi connectivity index (χ0) is 13.5. The number of benzene rings is 1. The van der Waals surface area contributed by atoms with Crippen molar-refractivity contribution in [2.45, 2.75) is 6.04 Å². The van der Waals surface area contributed by atoms with Crippen molar-refractivity contribution in [3.63, 3.8) is 0 Å². The van der Waals surface area contributed by atoms with Crippen LogP contribution in [0.4, 0.5) is 0 Å². The van der Waals surface area contributed by atoms with Gasteiger partial charge >= 0.3 is 0 Å². The summed E-state index contributed by atoms with van der Waals surface area (Å²) >= 11 is 3.50. The van der Waals surface area contributed by atoms with Gasteiger partial charge in [-0.15, -0.1) is 22.7 Å². The monoisotopic (exact) mass is 300 g/mol. The van der Waals surface area contributed by atoms with Crippen LogP contribution in [0, 0.1) is 0 Å². The molecule has 4 rings (SSSR count). The van der Waals surface area contributed by atoms with E-state index in [0.29, 0.717) is 0 Å². The van der Waals surface area contributed by atoms with Crippen LogP contribution in [0.5, 0.6) is 0 Å². The molecule has 4 aromatic rings. The van der Waals surface area contributed by atoms with Gasteiger partial charge in [-0.3, -0.25) is 5.84 Å². The number of hydrogen-bond donors (Lipinski definition) is 2. The largest absolute Gasteiger partial charge is 0.459 e. The number of thiophene rings is 2. The number of nitrogens with two attached hydrogens (primary N) is 1. The van der Waals surface area contributed by atoms with Gasteiger partial charge in [0.15, 0.2) is 0 Å². The minimum atomic E-state index is -0.105. The minimum Gasteiger partial charge on any atom is -0.459 e. The van der Waals surface area contributed by atoms with Gasteiger partial charge in [0.05, 0.1) is 0 Å². The maximum Gasteiger partial charge on any atom is 0.134 e. The number of fused-ring (bicyclic) bond motifs is 2. The molecule has 3 aromatic heterocycles. The molecular weight excluding hydrogens is 288 g/mol. The Kier molecular flexibility index (Phi) is 2.85. The van der Waals surface area contributed by atoms with Gasteiger partial charge in [-0.1, -0.05) is 18.2 Å². The minimum absolute atomic E-state index is 0.105. The number of hydrogen-bond acceptors (Lipinski definition) is 5. The van der Waals surface area contributed by atoms with E-state index in [1.54, 1.807) is 22.7 Å². The van der Waals surface area contributed by atoms with Gasteiger partial charge in [0.1, 0.15) is 17.4 Å². The van der Waals surface area contributed by atoms with Gasteiger partial charge in [-0.2, -0.15) is 0 Å². The highest BCUT2D eigenvalue weighted by molar-refractivity contribution is 7.27. The Morgan fingerprint density at radius 2 is 2.00 bits per heavy atom. The standard InChI is InChI=1S/C15H12N2OS2/c16-17-15(14-8-13-12(20-14)5-6-19-13)11-7-9-3-1-2-4-10(9)18-11/h1-8,15,17H,16H2. The molecule has 0 aliphatic rings. The van der Waals surface area contributed by atoms with Crippen molar-refractivity contribution in [3.05, 3.63) is 58.5 Å². The lowest BCUT2D eigenvalue weighted by Gasteiger charge is -2.10. The summed E-state index contributed by atoms with van der Waals surface area (Å²) in [7, 11) is 0. The van der Waals surface area contributed by atoms with Gasteiger partial charge in [0.25, 0.3) is 0 Å². The first kappa shape index (κ1) is 12.1. The maximum absolute atomic E-state index is 5.92. The molecule has 1 aromatic carbocycles. The molecule has 3 N–H and O–H groups in total. The van der Waals surface area contributed by atoms with Crippen LogP contribution < -0.4 is 11.3 Å². The van der Waals surface area contributed by atoms with Crippen molar-refractivity contribution in [3.8, 4) is 0 Å². The fourth-order valence-electron chi connectivity index (χ4n) is 2.38. The molecule has 0 saturated heterocycles. The Bertz CT molecular complexity index is 813. The van der Waals surface area contributed by atoms with Crippen LogP contribution in [0.25, 0.3) is 20.4 Å². The van der Waals surface area contributed by atoms with Crippen LogP contribution in [0.3, 0.4) is 0 Å². The van der Waals surface area contributed by atoms with Crippen LogP contribution in [0.2, 0.25) is 0 Å². The van der Waals surface area contributed by atoms with Crippen LogP contribution >= 0.6 is 22.7 Å². The third kappa shape index (κ3) is 1.87. The van der Waals surface area contributed by atoms with Crippen LogP contribution in [-0.4, -0.2) is 0 Å². The predicted molar refractivity (Wildman–Crippen MR) is 85.1 cm³/mol. The Hall–Kier alpha value is -1.66. The molecule has 0 bridgehead atoms. The first-order valence-corrected chi connectivity index (χ1v) is 7.96. The molecule has 20 heavy (non-hydrogen) atoms. The predicted octanol–water partition coefficient (Wildman–Crippen LogP) is 4.26. The first-order valence-electron chi connectivity index (χ1n) is 6.27. The van der Waals surface area contributed by atoms with Gasteiger partial charge in [-0.05, 0) is 29.6 Å². The number of nitrogens with one attached hydrogen (secondary N) is 1. The fourth-order valence-corrected chi connectivity index (χ4v) is 4.56. The lowest BCUT2D eigenvalue weighted by molar-refractivity contribution is 0.481. The van der Waals surface area contributed by atoms with E-state index in [4.69, 9.17) is 10.3 Å². The number of rotatable bonds is 3. The average Bonchev–Trinajstić information content (AvgIpc) is 3.12. The maximum atomic E-state index is 5.92. The van der Waals surface area contributed by atoms with E-state index < -0.39 is 0 Å². The van der Waals surface area contributed by atoms with E-state index in [1.165, 1.54) is 14.3 Å². The van der Waals surface area contributed by atoms with E-state index in [2.05, 4.69) is 22.9 Å². The molecule has 1 unspecified atom stereocenters. The van der Waals surface area contributed by atoms with Crippen molar-refractivity contribution in [1.82, 2.24) is 5.43 Å². The topological polar surface area (TPSA) is 51.2 Å². The second kappa shape index (κ2) is 4.71. The van der Waals surface area contributed by atoms with Crippen LogP contribution in [0.1, 0.15) is 16.7 Å². The van der Waals surface area contributed by atoms with Gasteiger partial charge in [-0.25, -0.2) is 5.43 Å². The molecule has 0 saturated carbocycles. The van der Waals surface area contributed by atoms with Gasteiger partial charge in [0.2, 0.25) is 0 Å². The molecule has 0 aliphatic carbocycles. The summed E-state index contributed by atoms with van der Waals surface area (Å²) in [6.07, 6.45) is 0.